The van der Waals surface area contributed by atoms with Crippen LogP contribution in [0.1, 0.15) is 43.0 Å². The molecule has 126 valence electrons. The number of halogens is 1. The predicted molar refractivity (Wildman–Crippen MR) is 83.1 cm³/mol. The zero-order valence-electron chi connectivity index (χ0n) is 13.1. The maximum atomic E-state index is 13.4. The van der Waals surface area contributed by atoms with Gasteiger partial charge in [0.25, 0.3) is 0 Å². The number of aromatic carboxylic acids is 1. The number of rotatable bonds is 10. The Bertz CT molecular complexity index is 568. The molecule has 0 heterocycles. The maximum Gasteiger partial charge on any atom is 0.338 e. The van der Waals surface area contributed by atoms with Crippen molar-refractivity contribution in [3.8, 4) is 5.75 Å². The summed E-state index contributed by atoms with van der Waals surface area (Å²) >= 11 is 0. The van der Waals surface area contributed by atoms with E-state index in [9.17, 15) is 14.0 Å². The van der Waals surface area contributed by atoms with Crippen molar-refractivity contribution in [2.75, 3.05) is 13.2 Å². The first-order valence-corrected chi connectivity index (χ1v) is 7.40. The van der Waals surface area contributed by atoms with Crippen LogP contribution in [0, 0.1) is 5.82 Å². The van der Waals surface area contributed by atoms with Gasteiger partial charge in [0, 0.05) is 11.6 Å². The van der Waals surface area contributed by atoms with Crippen LogP contribution in [0.15, 0.2) is 30.4 Å². The number of carbonyl (C=O) groups is 2. The number of unbranched alkanes of at least 4 members (excludes halogenated alkanes) is 3. The van der Waals surface area contributed by atoms with Gasteiger partial charge in [0.1, 0.15) is 11.6 Å². The average Bonchev–Trinajstić information content (AvgIpc) is 2.49. The monoisotopic (exact) mass is 324 g/mol. The maximum absolute atomic E-state index is 13.4. The predicted octanol–water partition coefficient (Wildman–Crippen LogP) is 3.58. The quantitative estimate of drug-likeness (QED) is 0.404. The van der Waals surface area contributed by atoms with Gasteiger partial charge in [0.05, 0.1) is 18.8 Å². The summed E-state index contributed by atoms with van der Waals surface area (Å²) < 4.78 is 23.8. The summed E-state index contributed by atoms with van der Waals surface area (Å²) in [6.07, 6.45) is 3.32. The van der Waals surface area contributed by atoms with Crippen molar-refractivity contribution in [1.29, 1.82) is 0 Å². The smallest absolute Gasteiger partial charge is 0.338 e. The van der Waals surface area contributed by atoms with E-state index in [0.717, 1.165) is 31.7 Å². The number of hydrogen-bond donors (Lipinski definition) is 1. The summed E-state index contributed by atoms with van der Waals surface area (Å²) in [5.41, 5.74) is 0.0150. The minimum Gasteiger partial charge on any atom is -0.493 e. The third-order valence-electron chi connectivity index (χ3n) is 3.06. The lowest BCUT2D eigenvalue weighted by atomic mass is 10.2. The third-order valence-corrected chi connectivity index (χ3v) is 3.06. The molecule has 0 atom stereocenters. The number of ether oxygens (including phenoxy) is 2. The van der Waals surface area contributed by atoms with E-state index in [1.807, 2.05) is 0 Å². The van der Waals surface area contributed by atoms with Gasteiger partial charge in [0.15, 0.2) is 0 Å². The number of benzene rings is 1. The number of carboxylic acids is 1. The van der Waals surface area contributed by atoms with Crippen LogP contribution >= 0.6 is 0 Å². The molecule has 1 aromatic rings. The molecule has 0 aliphatic rings. The molecule has 0 bridgehead atoms. The molecule has 1 aromatic carbocycles. The number of hydrogen-bond acceptors (Lipinski definition) is 4. The van der Waals surface area contributed by atoms with Crippen LogP contribution in [0.25, 0.3) is 0 Å². The van der Waals surface area contributed by atoms with Gasteiger partial charge in [0.2, 0.25) is 0 Å². The molecule has 5 nitrogen and oxygen atoms in total. The molecule has 6 heteroatoms. The Morgan fingerprint density at radius 1 is 1.17 bits per heavy atom. The van der Waals surface area contributed by atoms with Gasteiger partial charge in [-0.3, -0.25) is 0 Å². The minimum absolute atomic E-state index is 0.308. The zero-order chi connectivity index (χ0) is 17.2. The molecule has 0 fully saturated rings. The molecule has 0 aromatic heterocycles. The standard InChI is InChI=1S/C17H21FO5/c1-12(2)17(21)23-10-6-4-3-5-9-22-13-7-8-14(16(19)20)15(18)11-13/h7-8,11H,1,3-6,9-10H2,2H3,(H,19,20). The molecule has 0 radical (unpaired) electrons. The van der Waals surface area contributed by atoms with E-state index in [-0.39, 0.29) is 11.5 Å². The second-order valence-corrected chi connectivity index (χ2v) is 5.13. The Hall–Kier alpha value is -2.37. The van der Waals surface area contributed by atoms with E-state index >= 15 is 0 Å². The second kappa shape index (κ2) is 9.61. The summed E-state index contributed by atoms with van der Waals surface area (Å²) in [7, 11) is 0. The Balaban J connectivity index is 2.14. The van der Waals surface area contributed by atoms with Crippen molar-refractivity contribution in [3.05, 3.63) is 41.7 Å². The first kappa shape index (κ1) is 18.7. The highest BCUT2D eigenvalue weighted by atomic mass is 19.1. The largest absolute Gasteiger partial charge is 0.493 e. The van der Waals surface area contributed by atoms with E-state index in [4.69, 9.17) is 14.6 Å². The molecular weight excluding hydrogens is 303 g/mol. The highest BCUT2D eigenvalue weighted by Crippen LogP contribution is 2.17. The van der Waals surface area contributed by atoms with Gasteiger partial charge < -0.3 is 14.6 Å². The number of esters is 1. The fourth-order valence-electron chi connectivity index (χ4n) is 1.79. The van der Waals surface area contributed by atoms with E-state index in [1.54, 1.807) is 6.92 Å². The van der Waals surface area contributed by atoms with Crippen molar-refractivity contribution >= 4 is 11.9 Å². The van der Waals surface area contributed by atoms with Crippen LogP contribution in [0.5, 0.6) is 5.75 Å². The summed E-state index contributed by atoms with van der Waals surface area (Å²) in [6.45, 7) is 5.88. The van der Waals surface area contributed by atoms with Crippen molar-refractivity contribution in [3.63, 3.8) is 0 Å². The lowest BCUT2D eigenvalue weighted by Crippen LogP contribution is -2.06. The normalized spacial score (nSPS) is 10.2. The molecule has 0 unspecified atom stereocenters. The Kier molecular flexibility index (Phi) is 7.80. The zero-order valence-corrected chi connectivity index (χ0v) is 13.1. The van der Waals surface area contributed by atoms with Gasteiger partial charge in [-0.05, 0) is 44.7 Å². The first-order valence-electron chi connectivity index (χ1n) is 7.40. The molecule has 0 aliphatic carbocycles. The lowest BCUT2D eigenvalue weighted by molar-refractivity contribution is -0.139. The molecule has 23 heavy (non-hydrogen) atoms. The fourth-order valence-corrected chi connectivity index (χ4v) is 1.79. The fraction of sp³-hybridized carbons (Fsp3) is 0.412. The van der Waals surface area contributed by atoms with E-state index < -0.39 is 11.8 Å². The van der Waals surface area contributed by atoms with E-state index in [0.29, 0.717) is 24.5 Å². The minimum atomic E-state index is -1.30. The van der Waals surface area contributed by atoms with Crippen LogP contribution in [-0.4, -0.2) is 30.3 Å². The van der Waals surface area contributed by atoms with Gasteiger partial charge in [-0.1, -0.05) is 6.58 Å². The van der Waals surface area contributed by atoms with E-state index in [1.165, 1.54) is 12.1 Å². The molecule has 0 aliphatic heterocycles. The van der Waals surface area contributed by atoms with Crippen LogP contribution in [-0.2, 0) is 9.53 Å². The molecule has 1 N–H and O–H groups in total. The van der Waals surface area contributed by atoms with Crippen LogP contribution in [0.2, 0.25) is 0 Å². The molecule has 0 saturated heterocycles. The Morgan fingerprint density at radius 2 is 1.83 bits per heavy atom. The van der Waals surface area contributed by atoms with Crippen molar-refractivity contribution in [2.24, 2.45) is 0 Å². The number of carbonyl (C=O) groups excluding carboxylic acids is 1. The number of carboxylic acid groups (broad SMARTS) is 1. The summed E-state index contributed by atoms with van der Waals surface area (Å²) in [6, 6.07) is 3.69. The van der Waals surface area contributed by atoms with Crippen LogP contribution in [0.3, 0.4) is 0 Å². The first-order chi connectivity index (χ1) is 10.9. The summed E-state index contributed by atoms with van der Waals surface area (Å²) in [4.78, 5) is 21.8. The second-order valence-electron chi connectivity index (χ2n) is 5.13. The molecule has 0 amide bonds. The van der Waals surface area contributed by atoms with E-state index in [2.05, 4.69) is 6.58 Å². The Labute approximate surface area is 134 Å². The topological polar surface area (TPSA) is 72.8 Å². The van der Waals surface area contributed by atoms with Crippen LogP contribution in [0.4, 0.5) is 4.39 Å². The van der Waals surface area contributed by atoms with Gasteiger partial charge >= 0.3 is 11.9 Å². The van der Waals surface area contributed by atoms with Gasteiger partial charge in [-0.2, -0.15) is 0 Å². The summed E-state index contributed by atoms with van der Waals surface area (Å²) in [5, 5.41) is 8.72. The van der Waals surface area contributed by atoms with Crippen molar-refractivity contribution in [1.82, 2.24) is 0 Å². The van der Waals surface area contributed by atoms with Crippen LogP contribution < -0.4 is 4.74 Å². The Morgan fingerprint density at radius 3 is 2.39 bits per heavy atom. The molecule has 0 saturated carbocycles. The molecule has 1 rings (SSSR count). The summed E-state index contributed by atoms with van der Waals surface area (Å²) in [5.74, 6) is -2.18. The molecular formula is C17H21FO5. The van der Waals surface area contributed by atoms with Crippen molar-refractivity contribution < 1.29 is 28.6 Å². The molecule has 0 spiro atoms. The van der Waals surface area contributed by atoms with Gasteiger partial charge in [-0.15, -0.1) is 0 Å². The van der Waals surface area contributed by atoms with Gasteiger partial charge in [-0.25, -0.2) is 14.0 Å². The highest BCUT2D eigenvalue weighted by Gasteiger charge is 2.10. The average molecular weight is 324 g/mol. The highest BCUT2D eigenvalue weighted by molar-refractivity contribution is 5.88. The SMILES string of the molecule is C=C(C)C(=O)OCCCCCCOc1ccc(C(=O)O)c(F)c1. The lowest BCUT2D eigenvalue weighted by Gasteiger charge is -2.07. The third kappa shape index (κ3) is 6.95. The van der Waals surface area contributed by atoms with Crippen molar-refractivity contribution in [2.45, 2.75) is 32.6 Å².